The monoisotopic (exact) mass is 1290 g/mol. The van der Waals surface area contributed by atoms with Gasteiger partial charge in [-0.15, -0.1) is 0 Å². The van der Waals surface area contributed by atoms with Crippen molar-refractivity contribution in [2.45, 2.75) is 148 Å². The largest absolute Gasteiger partial charge is 0.381 e. The van der Waals surface area contributed by atoms with Crippen molar-refractivity contribution in [3.05, 3.63) is 223 Å². The Balaban J connectivity index is 0.000000194. The van der Waals surface area contributed by atoms with Gasteiger partial charge in [0.1, 0.15) is 22.8 Å². The Bertz CT molecular complexity index is 3920. The Morgan fingerprint density at radius 3 is 1.15 bits per heavy atom. The molecule has 13 rings (SSSR count). The highest BCUT2D eigenvalue weighted by Gasteiger charge is 2.33. The van der Waals surface area contributed by atoms with Gasteiger partial charge in [0.25, 0.3) is 11.8 Å². The number of methoxy groups -OCH3 is 4. The van der Waals surface area contributed by atoms with Crippen molar-refractivity contribution in [2.75, 3.05) is 52.3 Å². The number of aldehydes is 2. The molecule has 5 heterocycles. The Morgan fingerprint density at radius 2 is 0.781 bits per heavy atom. The number of benzene rings is 4. The number of rotatable bonds is 24. The molecule has 8 aromatic rings. The summed E-state index contributed by atoms with van der Waals surface area (Å²) in [6, 6.07) is 30.8. The van der Waals surface area contributed by atoms with Crippen molar-refractivity contribution in [3.63, 3.8) is 0 Å². The highest BCUT2D eigenvalue weighted by atomic mass is 16.7. The number of pyridine rings is 4. The summed E-state index contributed by atoms with van der Waals surface area (Å²) in [7, 11) is 6.40. The van der Waals surface area contributed by atoms with Crippen LogP contribution in [0.2, 0.25) is 0 Å². The molecule has 4 aromatic heterocycles. The molecule has 0 spiro atoms. The van der Waals surface area contributed by atoms with E-state index < -0.39 is 12.6 Å². The van der Waals surface area contributed by atoms with Crippen LogP contribution in [0.4, 0.5) is 11.4 Å². The first-order chi connectivity index (χ1) is 46.1. The highest BCUT2D eigenvalue weighted by Crippen LogP contribution is 2.46. The Hall–Kier alpha value is -9.10. The van der Waals surface area contributed by atoms with Crippen LogP contribution in [0.5, 0.6) is 0 Å². The number of carbonyl (C=O) groups excluding carboxylic acids is 6. The molecular formula is C79H86N6O11. The molecule has 2 amide bonds. The standard InChI is InChI=1S/C39H43N3O6.C35H31N3O4.C4H8O.CH4/c1-22-26(17-36(43)34-18-29(24-13-14-24)31(20-40-34)38(45-3)46-4)9-7-10-27(22)28-11-8-12-33(23(28)2)42-37(44)35-19-30(25-15-16-25)32(21-41-35)39(47-5)48-6;1-20-24(13-34(41)32-14-29(22-9-10-22)25(18-39)16-36-32)5-3-6-27(20)28-7-4-8-31(21(28)2)38-35(42)33-15-30(23-11-12-23)26(19-40)17-37-33;1-2-4-5-3-1;/h7-12,18-21,24-25,38-39H,13-17H2,1-6H3,(H,42,44);3-8,14-19,22-23H,9-13H2,1-2H3,(H,38,42);1-4H2;1H4. The molecule has 5 aliphatic rings. The second-order valence-electron chi connectivity index (χ2n) is 25.3. The second kappa shape index (κ2) is 31.6. The van der Waals surface area contributed by atoms with Crippen LogP contribution in [0.15, 0.2) is 122 Å². The summed E-state index contributed by atoms with van der Waals surface area (Å²) in [5.41, 5.74) is 19.1. The van der Waals surface area contributed by atoms with E-state index >= 15 is 0 Å². The Kier molecular flexibility index (Phi) is 23.0. The van der Waals surface area contributed by atoms with Gasteiger partial charge in [0.05, 0.1) is 0 Å². The number of carbonyl (C=O) groups is 6. The van der Waals surface area contributed by atoms with Gasteiger partial charge in [-0.25, -0.2) is 0 Å². The number of nitrogens with one attached hydrogen (secondary N) is 2. The molecule has 0 atom stereocenters. The van der Waals surface area contributed by atoms with E-state index in [0.29, 0.717) is 63.3 Å². The zero-order valence-electron chi connectivity index (χ0n) is 55.3. The zero-order valence-corrected chi connectivity index (χ0v) is 55.3. The van der Waals surface area contributed by atoms with Gasteiger partial charge in [0, 0.05) is 113 Å². The van der Waals surface area contributed by atoms with E-state index in [1.807, 2.05) is 107 Å². The lowest BCUT2D eigenvalue weighted by Gasteiger charge is -2.19. The summed E-state index contributed by atoms with van der Waals surface area (Å²) < 4.78 is 26.9. The van der Waals surface area contributed by atoms with Crippen LogP contribution in [0, 0.1) is 27.7 Å². The third kappa shape index (κ3) is 16.2. The average molecular weight is 1300 g/mol. The molecule has 4 aromatic carbocycles. The van der Waals surface area contributed by atoms with Crippen molar-refractivity contribution in [1.29, 1.82) is 0 Å². The number of ketones is 2. The first-order valence-electron chi connectivity index (χ1n) is 32.8. The van der Waals surface area contributed by atoms with Gasteiger partial charge in [0.2, 0.25) is 0 Å². The van der Waals surface area contributed by atoms with Gasteiger partial charge < -0.3 is 34.3 Å². The molecule has 17 nitrogen and oxygen atoms in total. The number of nitrogens with zero attached hydrogens (tertiary/aromatic N) is 4. The molecule has 0 radical (unpaired) electrons. The average Bonchev–Trinajstić information content (AvgIpc) is 1.56. The third-order valence-corrected chi connectivity index (χ3v) is 18.8. The molecule has 1 saturated heterocycles. The molecule has 17 heteroatoms. The quantitative estimate of drug-likeness (QED) is 0.0326. The van der Waals surface area contributed by atoms with Gasteiger partial charge in [-0.2, -0.15) is 0 Å². The highest BCUT2D eigenvalue weighted by molar-refractivity contribution is 6.05. The number of Topliss-reactive ketones (excluding diaryl/α,β-unsaturated/α-hetero) is 2. The van der Waals surface area contributed by atoms with Crippen LogP contribution in [0.1, 0.15) is 237 Å². The number of hydrogen-bond donors (Lipinski definition) is 2. The smallest absolute Gasteiger partial charge is 0.274 e. The van der Waals surface area contributed by atoms with E-state index in [1.165, 1.54) is 25.2 Å². The zero-order chi connectivity index (χ0) is 66.9. The topological polar surface area (TPSA) is 224 Å². The fraction of sp³-hybridized carbons (Fsp3) is 0.367. The molecular weight excluding hydrogens is 1210 g/mol. The van der Waals surface area contributed by atoms with Crippen molar-refractivity contribution in [3.8, 4) is 22.3 Å². The van der Waals surface area contributed by atoms with Crippen LogP contribution in [0.3, 0.4) is 0 Å². The second-order valence-corrected chi connectivity index (χ2v) is 25.3. The van der Waals surface area contributed by atoms with E-state index in [9.17, 15) is 28.8 Å². The molecule has 5 fully saturated rings. The summed E-state index contributed by atoms with van der Waals surface area (Å²) in [6.07, 6.45) is 18.3. The maximum atomic E-state index is 13.6. The lowest BCUT2D eigenvalue weighted by Crippen LogP contribution is -2.16. The van der Waals surface area contributed by atoms with Gasteiger partial charge in [0.15, 0.2) is 36.7 Å². The predicted octanol–water partition coefficient (Wildman–Crippen LogP) is 16.0. The minimum atomic E-state index is -0.528. The van der Waals surface area contributed by atoms with Crippen molar-refractivity contribution >= 4 is 47.3 Å². The minimum Gasteiger partial charge on any atom is -0.381 e. The van der Waals surface area contributed by atoms with Crippen LogP contribution in [-0.2, 0) is 36.5 Å². The number of amides is 2. The van der Waals surface area contributed by atoms with Crippen LogP contribution in [0.25, 0.3) is 22.3 Å². The number of hydrogen-bond acceptors (Lipinski definition) is 15. The fourth-order valence-electron chi connectivity index (χ4n) is 12.6. The third-order valence-electron chi connectivity index (χ3n) is 18.8. The first-order valence-corrected chi connectivity index (χ1v) is 32.8. The number of anilines is 2. The summed E-state index contributed by atoms with van der Waals surface area (Å²) in [4.78, 5) is 93.9. The maximum absolute atomic E-state index is 13.6. The van der Waals surface area contributed by atoms with E-state index in [-0.39, 0.29) is 49.3 Å². The molecule has 1 aliphatic heterocycles. The Labute approximate surface area is 562 Å². The number of aromatic nitrogens is 4. The molecule has 4 saturated carbocycles. The van der Waals surface area contributed by atoms with Crippen LogP contribution in [-0.4, -0.2) is 97.5 Å². The molecule has 96 heavy (non-hydrogen) atoms. The van der Waals surface area contributed by atoms with Gasteiger partial charge in [-0.3, -0.25) is 48.7 Å². The fourth-order valence-corrected chi connectivity index (χ4v) is 12.6. The SMILES string of the molecule is C.C1CCOC1.COC(OC)c1cnc(C(=O)Cc2cccc(-c3cccc(NC(=O)c4cc(C5CC5)c(C(OC)OC)cn4)c3C)c2C)cc1C1CC1.Cc1c(CC(=O)c2cc(C3CC3)c(C=O)cn2)cccc1-c1cccc(NC(=O)c2cc(C3CC3)c(C=O)cn2)c1C. The van der Waals surface area contributed by atoms with Gasteiger partial charge in [-0.05, 0) is 230 Å². The van der Waals surface area contributed by atoms with E-state index in [1.54, 1.807) is 53.0 Å². The molecule has 0 bridgehead atoms. The summed E-state index contributed by atoms with van der Waals surface area (Å²) in [5, 5.41) is 6.08. The molecule has 0 unspecified atom stereocenters. The van der Waals surface area contributed by atoms with Gasteiger partial charge in [-0.1, -0.05) is 68.1 Å². The minimum absolute atomic E-state index is 0. The first kappa shape index (κ1) is 69.7. The summed E-state index contributed by atoms with van der Waals surface area (Å²) in [5.74, 6) is 0.693. The molecule has 498 valence electrons. The van der Waals surface area contributed by atoms with E-state index in [4.69, 9.17) is 23.7 Å². The van der Waals surface area contributed by atoms with Crippen molar-refractivity contribution in [2.24, 2.45) is 0 Å². The Morgan fingerprint density at radius 1 is 0.458 bits per heavy atom. The van der Waals surface area contributed by atoms with Crippen LogP contribution < -0.4 is 10.6 Å². The lowest BCUT2D eigenvalue weighted by atomic mass is 9.90. The maximum Gasteiger partial charge on any atom is 0.274 e. The van der Waals surface area contributed by atoms with E-state index in [2.05, 4.69) is 36.6 Å². The van der Waals surface area contributed by atoms with E-state index in [0.717, 1.165) is 166 Å². The van der Waals surface area contributed by atoms with Crippen molar-refractivity contribution < 1.29 is 52.5 Å². The molecule has 2 N–H and O–H groups in total. The normalized spacial score (nSPS) is 14.8. The van der Waals surface area contributed by atoms with Crippen LogP contribution >= 0.6 is 0 Å². The summed E-state index contributed by atoms with van der Waals surface area (Å²) in [6.45, 7) is 9.99. The summed E-state index contributed by atoms with van der Waals surface area (Å²) >= 11 is 0. The predicted molar refractivity (Wildman–Crippen MR) is 371 cm³/mol. The lowest BCUT2D eigenvalue weighted by molar-refractivity contribution is -0.106. The number of ether oxygens (including phenoxy) is 5. The van der Waals surface area contributed by atoms with Crippen molar-refractivity contribution in [1.82, 2.24) is 19.9 Å². The van der Waals surface area contributed by atoms with Gasteiger partial charge >= 0.3 is 0 Å². The molecule has 4 aliphatic carbocycles.